The van der Waals surface area contributed by atoms with Gasteiger partial charge in [-0.25, -0.2) is 0 Å². The number of alkyl halides is 1. The molecule has 1 aromatic carbocycles. The van der Waals surface area contributed by atoms with Crippen molar-refractivity contribution in [2.24, 2.45) is 5.73 Å². The quantitative estimate of drug-likeness (QED) is 0.863. The van der Waals surface area contributed by atoms with Crippen LogP contribution in [0.1, 0.15) is 21.5 Å². The van der Waals surface area contributed by atoms with Crippen LogP contribution >= 0.6 is 11.6 Å². The van der Waals surface area contributed by atoms with E-state index in [2.05, 4.69) is 4.98 Å². The number of hydrogen-bond acceptors (Lipinski definition) is 2. The van der Waals surface area contributed by atoms with Gasteiger partial charge in [0.2, 0.25) is 5.91 Å². The van der Waals surface area contributed by atoms with Crippen LogP contribution in [0.2, 0.25) is 0 Å². The first-order chi connectivity index (χ1) is 8.61. The summed E-state index contributed by atoms with van der Waals surface area (Å²) in [7, 11) is 0. The molecule has 0 radical (unpaired) electrons. The number of primary amides is 1. The van der Waals surface area contributed by atoms with Crippen molar-refractivity contribution in [1.82, 2.24) is 4.98 Å². The molecule has 0 fully saturated rings. The van der Waals surface area contributed by atoms with Crippen LogP contribution in [0.15, 0.2) is 36.5 Å². The summed E-state index contributed by atoms with van der Waals surface area (Å²) in [5.74, 6) is 0.0370. The predicted molar refractivity (Wildman–Crippen MR) is 72.5 cm³/mol. The summed E-state index contributed by atoms with van der Waals surface area (Å²) in [6.07, 6.45) is 1.73. The molecule has 0 unspecified atom stereocenters. The second-order valence-corrected chi connectivity index (χ2v) is 4.34. The molecule has 0 aliphatic rings. The van der Waals surface area contributed by atoms with Crippen LogP contribution in [0.25, 0.3) is 11.3 Å². The molecule has 2 N–H and O–H groups in total. The Morgan fingerprint density at radius 1 is 1.33 bits per heavy atom. The van der Waals surface area contributed by atoms with Crippen molar-refractivity contribution in [2.45, 2.75) is 12.8 Å². The summed E-state index contributed by atoms with van der Waals surface area (Å²) in [6, 6.07) is 9.28. The lowest BCUT2D eigenvalue weighted by Gasteiger charge is -2.06. The highest BCUT2D eigenvalue weighted by Gasteiger charge is 2.07. The summed E-state index contributed by atoms with van der Waals surface area (Å²) in [6.45, 7) is 1.86. The predicted octanol–water partition coefficient (Wildman–Crippen LogP) is 2.89. The first-order valence-electron chi connectivity index (χ1n) is 5.53. The fourth-order valence-electron chi connectivity index (χ4n) is 1.81. The molecule has 0 atom stereocenters. The summed E-state index contributed by atoms with van der Waals surface area (Å²) in [5.41, 5.74) is 9.46. The van der Waals surface area contributed by atoms with E-state index in [0.29, 0.717) is 11.4 Å². The van der Waals surface area contributed by atoms with Crippen LogP contribution in [-0.4, -0.2) is 10.9 Å². The van der Waals surface area contributed by atoms with E-state index < -0.39 is 5.91 Å². The monoisotopic (exact) mass is 260 g/mol. The van der Waals surface area contributed by atoms with Gasteiger partial charge in [-0.2, -0.15) is 0 Å². The number of nitrogens with zero attached hydrogens (tertiary/aromatic N) is 1. The van der Waals surface area contributed by atoms with Crippen molar-refractivity contribution in [3.05, 3.63) is 53.2 Å². The first kappa shape index (κ1) is 12.6. The minimum Gasteiger partial charge on any atom is -0.366 e. The normalized spacial score (nSPS) is 10.3. The molecule has 0 saturated heterocycles. The summed E-state index contributed by atoms with van der Waals surface area (Å²) in [5, 5.41) is 0. The van der Waals surface area contributed by atoms with Crippen LogP contribution in [0.5, 0.6) is 0 Å². The summed E-state index contributed by atoms with van der Waals surface area (Å²) < 4.78 is 0. The van der Waals surface area contributed by atoms with Gasteiger partial charge < -0.3 is 5.73 Å². The fraction of sp³-hybridized carbons (Fsp3) is 0.143. The van der Waals surface area contributed by atoms with Crippen LogP contribution in [0.3, 0.4) is 0 Å². The SMILES string of the molecule is Cc1cc(-c2cc(CCl)ccn2)ccc1C(N)=O. The number of halogens is 1. The Kier molecular flexibility index (Phi) is 3.63. The molecule has 0 aliphatic heterocycles. The van der Waals surface area contributed by atoms with E-state index in [4.69, 9.17) is 17.3 Å². The number of amides is 1. The lowest BCUT2D eigenvalue weighted by atomic mass is 10.0. The number of carbonyl (C=O) groups excluding carboxylic acids is 1. The third-order valence-corrected chi connectivity index (χ3v) is 3.07. The molecule has 3 nitrogen and oxygen atoms in total. The molecule has 92 valence electrons. The van der Waals surface area contributed by atoms with Gasteiger partial charge in [-0.3, -0.25) is 9.78 Å². The largest absolute Gasteiger partial charge is 0.366 e. The number of aryl methyl sites for hydroxylation is 1. The maximum absolute atomic E-state index is 11.2. The Balaban J connectivity index is 2.45. The number of pyridine rings is 1. The maximum atomic E-state index is 11.2. The molecule has 18 heavy (non-hydrogen) atoms. The van der Waals surface area contributed by atoms with Gasteiger partial charge in [0.05, 0.1) is 5.69 Å². The average Bonchev–Trinajstić information content (AvgIpc) is 2.38. The highest BCUT2D eigenvalue weighted by Crippen LogP contribution is 2.21. The van der Waals surface area contributed by atoms with Crippen molar-refractivity contribution >= 4 is 17.5 Å². The Bertz CT molecular complexity index is 596. The van der Waals surface area contributed by atoms with Crippen LogP contribution < -0.4 is 5.73 Å². The van der Waals surface area contributed by atoms with Gasteiger partial charge in [-0.05, 0) is 42.3 Å². The number of carbonyl (C=O) groups is 1. The Morgan fingerprint density at radius 2 is 2.11 bits per heavy atom. The van der Waals surface area contributed by atoms with Gasteiger partial charge in [-0.15, -0.1) is 11.6 Å². The lowest BCUT2D eigenvalue weighted by molar-refractivity contribution is 0.1000. The van der Waals surface area contributed by atoms with Gasteiger partial charge in [0.1, 0.15) is 0 Å². The van der Waals surface area contributed by atoms with E-state index in [9.17, 15) is 4.79 Å². The van der Waals surface area contributed by atoms with Crippen LogP contribution in [0.4, 0.5) is 0 Å². The molecule has 1 heterocycles. The van der Waals surface area contributed by atoms with Crippen molar-refractivity contribution in [3.63, 3.8) is 0 Å². The van der Waals surface area contributed by atoms with E-state index >= 15 is 0 Å². The maximum Gasteiger partial charge on any atom is 0.248 e. The minimum atomic E-state index is -0.415. The Morgan fingerprint density at radius 3 is 2.72 bits per heavy atom. The third kappa shape index (κ3) is 2.51. The van der Waals surface area contributed by atoms with E-state index in [-0.39, 0.29) is 0 Å². The topological polar surface area (TPSA) is 56.0 Å². The minimum absolute atomic E-state index is 0.415. The molecule has 0 spiro atoms. The van der Waals surface area contributed by atoms with Crippen molar-refractivity contribution < 1.29 is 4.79 Å². The number of rotatable bonds is 3. The van der Waals surface area contributed by atoms with Crippen molar-refractivity contribution in [2.75, 3.05) is 0 Å². The summed E-state index contributed by atoms with van der Waals surface area (Å²) in [4.78, 5) is 15.5. The molecule has 0 aliphatic carbocycles. The fourth-order valence-corrected chi connectivity index (χ4v) is 1.98. The lowest BCUT2D eigenvalue weighted by Crippen LogP contribution is -2.12. The van der Waals surface area contributed by atoms with E-state index in [1.54, 1.807) is 12.3 Å². The average molecular weight is 261 g/mol. The number of nitrogens with two attached hydrogens (primary N) is 1. The van der Waals surface area contributed by atoms with E-state index in [1.165, 1.54) is 0 Å². The molecule has 1 amide bonds. The zero-order chi connectivity index (χ0) is 13.1. The number of aromatic nitrogens is 1. The van der Waals surface area contributed by atoms with Crippen molar-refractivity contribution in [3.8, 4) is 11.3 Å². The molecular formula is C14H13ClN2O. The molecular weight excluding hydrogens is 248 g/mol. The number of benzene rings is 1. The second kappa shape index (κ2) is 5.19. The smallest absolute Gasteiger partial charge is 0.248 e. The third-order valence-electron chi connectivity index (χ3n) is 2.77. The first-order valence-corrected chi connectivity index (χ1v) is 6.07. The highest BCUT2D eigenvalue weighted by atomic mass is 35.5. The van der Waals surface area contributed by atoms with Gasteiger partial charge in [-0.1, -0.05) is 6.07 Å². The Hall–Kier alpha value is -1.87. The van der Waals surface area contributed by atoms with E-state index in [1.807, 2.05) is 31.2 Å². The molecule has 2 aromatic rings. The van der Waals surface area contributed by atoms with Crippen LogP contribution in [-0.2, 0) is 5.88 Å². The molecule has 1 aromatic heterocycles. The molecule has 0 saturated carbocycles. The van der Waals surface area contributed by atoms with Crippen molar-refractivity contribution in [1.29, 1.82) is 0 Å². The zero-order valence-electron chi connectivity index (χ0n) is 9.98. The second-order valence-electron chi connectivity index (χ2n) is 4.08. The Labute approximate surface area is 111 Å². The number of hydrogen-bond donors (Lipinski definition) is 1. The van der Waals surface area contributed by atoms with E-state index in [0.717, 1.165) is 22.4 Å². The van der Waals surface area contributed by atoms with Gasteiger partial charge in [0.25, 0.3) is 0 Å². The molecule has 0 bridgehead atoms. The van der Waals surface area contributed by atoms with Gasteiger partial charge in [0.15, 0.2) is 0 Å². The summed E-state index contributed by atoms with van der Waals surface area (Å²) >= 11 is 5.80. The van der Waals surface area contributed by atoms with Gasteiger partial charge >= 0.3 is 0 Å². The highest BCUT2D eigenvalue weighted by molar-refractivity contribution is 6.17. The standard InChI is InChI=1S/C14H13ClN2O/c1-9-6-11(2-3-12(9)14(16)18)13-7-10(8-15)4-5-17-13/h2-7H,8H2,1H3,(H2,16,18). The van der Waals surface area contributed by atoms with Crippen LogP contribution in [0, 0.1) is 6.92 Å². The molecule has 2 rings (SSSR count). The molecule has 4 heteroatoms. The van der Waals surface area contributed by atoms with Gasteiger partial charge in [0, 0.05) is 23.2 Å². The zero-order valence-corrected chi connectivity index (χ0v) is 10.7.